The Balaban J connectivity index is 2.41. The molecule has 1 aromatic heterocycles. The Bertz CT molecular complexity index is 519. The second kappa shape index (κ2) is 7.38. The second-order valence-corrected chi connectivity index (χ2v) is 6.80. The fraction of sp³-hybridized carbons (Fsp3) is 0.571. The number of hydrogen-bond donors (Lipinski definition) is 1. The van der Waals surface area contributed by atoms with E-state index in [9.17, 15) is 14.7 Å². The Morgan fingerprint density at radius 3 is 2.95 bits per heavy atom. The summed E-state index contributed by atoms with van der Waals surface area (Å²) in [5.74, 6) is -1.43. The lowest BCUT2D eigenvalue weighted by Gasteiger charge is -2.33. The third-order valence-electron chi connectivity index (χ3n) is 3.71. The molecule has 1 saturated heterocycles. The quantitative estimate of drug-likeness (QED) is 0.858. The summed E-state index contributed by atoms with van der Waals surface area (Å²) in [4.78, 5) is 26.6. The van der Waals surface area contributed by atoms with E-state index in [0.717, 1.165) is 9.35 Å². The number of likely N-dealkylation sites (tertiary alicyclic amines) is 1. The highest BCUT2D eigenvalue weighted by atomic mass is 79.9. The van der Waals surface area contributed by atoms with Crippen LogP contribution in [0.15, 0.2) is 15.9 Å². The SMILES string of the molecule is COCCN1C(=O)CCCC(C(=O)O)C1c1sccc1Br. The van der Waals surface area contributed by atoms with E-state index in [-0.39, 0.29) is 5.91 Å². The highest BCUT2D eigenvalue weighted by molar-refractivity contribution is 9.10. The molecule has 2 atom stereocenters. The number of methoxy groups -OCH3 is 1. The zero-order valence-corrected chi connectivity index (χ0v) is 14.2. The van der Waals surface area contributed by atoms with Gasteiger partial charge in [0.15, 0.2) is 0 Å². The summed E-state index contributed by atoms with van der Waals surface area (Å²) in [6.45, 7) is 0.811. The van der Waals surface area contributed by atoms with E-state index in [0.29, 0.717) is 32.4 Å². The number of carboxylic acids is 1. The van der Waals surface area contributed by atoms with Crippen LogP contribution in [0.1, 0.15) is 30.2 Å². The number of carbonyl (C=O) groups is 2. The smallest absolute Gasteiger partial charge is 0.308 e. The van der Waals surface area contributed by atoms with Crippen LogP contribution in [-0.2, 0) is 14.3 Å². The van der Waals surface area contributed by atoms with E-state index in [1.165, 1.54) is 11.3 Å². The van der Waals surface area contributed by atoms with Crippen LogP contribution in [0, 0.1) is 5.92 Å². The van der Waals surface area contributed by atoms with Gasteiger partial charge in [0.2, 0.25) is 5.91 Å². The van der Waals surface area contributed by atoms with Gasteiger partial charge in [-0.05, 0) is 40.2 Å². The van der Waals surface area contributed by atoms with Crippen LogP contribution in [0.25, 0.3) is 0 Å². The first-order valence-corrected chi connectivity index (χ1v) is 8.47. The molecular formula is C14H18BrNO4S. The zero-order valence-electron chi connectivity index (χ0n) is 11.8. The van der Waals surface area contributed by atoms with Crippen molar-refractivity contribution in [3.63, 3.8) is 0 Å². The molecule has 0 radical (unpaired) electrons. The molecule has 1 aliphatic heterocycles. The van der Waals surface area contributed by atoms with Gasteiger partial charge in [-0.2, -0.15) is 0 Å². The summed E-state index contributed by atoms with van der Waals surface area (Å²) >= 11 is 4.95. The number of hydrogen-bond acceptors (Lipinski definition) is 4. The van der Waals surface area contributed by atoms with Crippen LogP contribution in [0.4, 0.5) is 0 Å². The predicted octanol–water partition coefficient (Wildman–Crippen LogP) is 2.91. The number of nitrogens with zero attached hydrogens (tertiary/aromatic N) is 1. The molecule has 1 aliphatic rings. The van der Waals surface area contributed by atoms with Gasteiger partial charge in [0.1, 0.15) is 0 Å². The number of rotatable bonds is 5. The minimum atomic E-state index is -0.850. The molecule has 1 amide bonds. The van der Waals surface area contributed by atoms with E-state index in [2.05, 4.69) is 15.9 Å². The average molecular weight is 376 g/mol. The first-order valence-electron chi connectivity index (χ1n) is 6.80. The minimum absolute atomic E-state index is 0.00102. The highest BCUT2D eigenvalue weighted by Gasteiger charge is 2.39. The number of carboxylic acid groups (broad SMARTS) is 1. The van der Waals surface area contributed by atoms with Crippen LogP contribution in [-0.4, -0.2) is 42.1 Å². The molecule has 1 N–H and O–H groups in total. The van der Waals surface area contributed by atoms with Gasteiger partial charge in [0.25, 0.3) is 0 Å². The van der Waals surface area contributed by atoms with Crippen LogP contribution >= 0.6 is 27.3 Å². The number of thiophene rings is 1. The van der Waals surface area contributed by atoms with Crippen molar-refractivity contribution in [3.8, 4) is 0 Å². The Labute approximate surface area is 136 Å². The Hall–Kier alpha value is -0.920. The molecule has 1 aromatic rings. The molecule has 2 unspecified atom stereocenters. The van der Waals surface area contributed by atoms with Gasteiger partial charge in [0, 0.05) is 29.4 Å². The summed E-state index contributed by atoms with van der Waals surface area (Å²) in [5.41, 5.74) is 0. The Morgan fingerprint density at radius 1 is 1.62 bits per heavy atom. The van der Waals surface area contributed by atoms with Gasteiger partial charge in [-0.1, -0.05) is 0 Å². The van der Waals surface area contributed by atoms with Crippen LogP contribution in [0.5, 0.6) is 0 Å². The monoisotopic (exact) mass is 375 g/mol. The van der Waals surface area contributed by atoms with Crippen LogP contribution in [0.2, 0.25) is 0 Å². The molecule has 1 fully saturated rings. The number of aliphatic carboxylic acids is 1. The van der Waals surface area contributed by atoms with E-state index < -0.39 is 17.9 Å². The largest absolute Gasteiger partial charge is 0.481 e. The van der Waals surface area contributed by atoms with Gasteiger partial charge < -0.3 is 14.7 Å². The number of amides is 1. The first-order chi connectivity index (χ1) is 10.1. The lowest BCUT2D eigenvalue weighted by Crippen LogP contribution is -2.40. The van der Waals surface area contributed by atoms with Gasteiger partial charge >= 0.3 is 5.97 Å². The molecule has 0 aliphatic carbocycles. The predicted molar refractivity (Wildman–Crippen MR) is 83.3 cm³/mol. The van der Waals surface area contributed by atoms with E-state index in [4.69, 9.17) is 4.74 Å². The van der Waals surface area contributed by atoms with Gasteiger partial charge in [-0.15, -0.1) is 11.3 Å². The van der Waals surface area contributed by atoms with Crippen molar-refractivity contribution in [2.24, 2.45) is 5.92 Å². The lowest BCUT2D eigenvalue weighted by atomic mass is 9.93. The Kier molecular flexibility index (Phi) is 5.78. The van der Waals surface area contributed by atoms with Crippen molar-refractivity contribution in [1.29, 1.82) is 0 Å². The molecule has 2 rings (SSSR count). The van der Waals surface area contributed by atoms with Crippen molar-refractivity contribution < 1.29 is 19.4 Å². The maximum Gasteiger partial charge on any atom is 0.308 e. The second-order valence-electron chi connectivity index (χ2n) is 4.99. The van der Waals surface area contributed by atoms with Crippen molar-refractivity contribution in [3.05, 3.63) is 20.8 Å². The number of halogens is 1. The van der Waals surface area contributed by atoms with E-state index in [1.54, 1.807) is 12.0 Å². The summed E-state index contributed by atoms with van der Waals surface area (Å²) in [5, 5.41) is 11.5. The standard InChI is InChI=1S/C14H18BrNO4S/c1-20-7-6-16-11(17)4-2-3-9(14(18)19)12(16)13-10(15)5-8-21-13/h5,8-9,12H,2-4,6-7H2,1H3,(H,18,19). The first kappa shape index (κ1) is 16.5. The molecule has 7 heteroatoms. The third kappa shape index (κ3) is 3.64. The molecule has 0 spiro atoms. The Morgan fingerprint density at radius 2 is 2.38 bits per heavy atom. The molecule has 0 aromatic carbocycles. The molecule has 21 heavy (non-hydrogen) atoms. The summed E-state index contributed by atoms with van der Waals surface area (Å²) in [6, 6.07) is 1.46. The summed E-state index contributed by atoms with van der Waals surface area (Å²) in [7, 11) is 1.58. The average Bonchev–Trinajstić information content (AvgIpc) is 2.78. The van der Waals surface area contributed by atoms with Crippen molar-refractivity contribution in [2.75, 3.05) is 20.3 Å². The lowest BCUT2D eigenvalue weighted by molar-refractivity contribution is -0.146. The maximum atomic E-state index is 12.4. The number of ether oxygens (including phenoxy) is 1. The van der Waals surface area contributed by atoms with Crippen molar-refractivity contribution in [1.82, 2.24) is 4.90 Å². The number of carbonyl (C=O) groups excluding carboxylic acids is 1. The molecule has 2 heterocycles. The molecule has 0 bridgehead atoms. The molecular weight excluding hydrogens is 358 g/mol. The fourth-order valence-corrected chi connectivity index (χ4v) is 4.48. The molecule has 0 saturated carbocycles. The van der Waals surface area contributed by atoms with Crippen molar-refractivity contribution in [2.45, 2.75) is 25.3 Å². The fourth-order valence-electron chi connectivity index (χ4n) is 2.70. The molecule has 5 nitrogen and oxygen atoms in total. The van der Waals surface area contributed by atoms with E-state index >= 15 is 0 Å². The zero-order chi connectivity index (χ0) is 15.4. The van der Waals surface area contributed by atoms with Gasteiger partial charge in [-0.25, -0.2) is 0 Å². The maximum absolute atomic E-state index is 12.4. The van der Waals surface area contributed by atoms with Crippen LogP contribution < -0.4 is 0 Å². The minimum Gasteiger partial charge on any atom is -0.481 e. The van der Waals surface area contributed by atoms with Gasteiger partial charge in [0.05, 0.1) is 18.6 Å². The molecule has 116 valence electrons. The van der Waals surface area contributed by atoms with Crippen LogP contribution in [0.3, 0.4) is 0 Å². The topological polar surface area (TPSA) is 66.8 Å². The van der Waals surface area contributed by atoms with Crippen molar-refractivity contribution >= 4 is 39.1 Å². The highest BCUT2D eigenvalue weighted by Crippen LogP contribution is 2.41. The summed E-state index contributed by atoms with van der Waals surface area (Å²) in [6.07, 6.45) is 1.52. The van der Waals surface area contributed by atoms with E-state index in [1.807, 2.05) is 11.4 Å². The van der Waals surface area contributed by atoms with Gasteiger partial charge in [-0.3, -0.25) is 9.59 Å². The third-order valence-corrected chi connectivity index (χ3v) is 5.65. The normalized spacial score (nSPS) is 23.1. The summed E-state index contributed by atoms with van der Waals surface area (Å²) < 4.78 is 5.94.